The Morgan fingerprint density at radius 2 is 2.00 bits per heavy atom. The molecule has 0 aliphatic rings. The number of allylic oxidation sites excluding steroid dienone is 3. The van der Waals surface area contributed by atoms with E-state index in [4.69, 9.17) is 0 Å². The SMILES string of the molecule is C/C=C(\C=C/C(C)C)N(C)C(=O)OC. The molecule has 0 fully saturated rings. The molecule has 14 heavy (non-hydrogen) atoms. The average molecular weight is 197 g/mol. The molecule has 0 heterocycles. The predicted octanol–water partition coefficient (Wildman–Crippen LogP) is 2.80. The Labute approximate surface area is 86.0 Å². The molecule has 3 nitrogen and oxygen atoms in total. The van der Waals surface area contributed by atoms with Crippen LogP contribution in [0.1, 0.15) is 20.8 Å². The Morgan fingerprint density at radius 3 is 2.36 bits per heavy atom. The van der Waals surface area contributed by atoms with Crippen LogP contribution in [0, 0.1) is 5.92 Å². The third-order valence-electron chi connectivity index (χ3n) is 1.78. The average Bonchev–Trinajstić information content (AvgIpc) is 2.16. The summed E-state index contributed by atoms with van der Waals surface area (Å²) < 4.78 is 4.61. The van der Waals surface area contributed by atoms with Crippen molar-refractivity contribution in [1.29, 1.82) is 0 Å². The van der Waals surface area contributed by atoms with E-state index in [1.165, 1.54) is 12.0 Å². The molecule has 0 aliphatic carbocycles. The molecule has 0 aromatic rings. The molecule has 0 bridgehead atoms. The first-order chi connectivity index (χ1) is 6.52. The number of hydrogen-bond acceptors (Lipinski definition) is 2. The smallest absolute Gasteiger partial charge is 0.413 e. The van der Waals surface area contributed by atoms with Crippen molar-refractivity contribution < 1.29 is 9.53 Å². The van der Waals surface area contributed by atoms with Gasteiger partial charge in [-0.2, -0.15) is 0 Å². The number of ether oxygens (including phenoxy) is 1. The number of carbonyl (C=O) groups excluding carboxylic acids is 1. The molecular formula is C11H19NO2. The molecule has 0 aromatic carbocycles. The summed E-state index contributed by atoms with van der Waals surface area (Å²) in [5, 5.41) is 0. The van der Waals surface area contributed by atoms with E-state index in [2.05, 4.69) is 18.6 Å². The van der Waals surface area contributed by atoms with Crippen molar-refractivity contribution in [2.24, 2.45) is 5.92 Å². The largest absolute Gasteiger partial charge is 0.452 e. The van der Waals surface area contributed by atoms with Gasteiger partial charge >= 0.3 is 6.09 Å². The summed E-state index contributed by atoms with van der Waals surface area (Å²) in [5.74, 6) is 0.469. The minimum absolute atomic E-state index is 0.355. The highest BCUT2D eigenvalue weighted by Crippen LogP contribution is 2.07. The number of likely N-dealkylation sites (N-methyl/N-ethyl adjacent to an activating group) is 1. The summed E-state index contributed by atoms with van der Waals surface area (Å²) in [4.78, 5) is 12.7. The zero-order valence-corrected chi connectivity index (χ0v) is 9.57. The van der Waals surface area contributed by atoms with Crippen LogP contribution in [-0.2, 0) is 4.74 Å². The van der Waals surface area contributed by atoms with Crippen LogP contribution < -0.4 is 0 Å². The van der Waals surface area contributed by atoms with Crippen LogP contribution in [0.2, 0.25) is 0 Å². The number of methoxy groups -OCH3 is 1. The maximum atomic E-state index is 11.2. The molecule has 0 spiro atoms. The second kappa shape index (κ2) is 6.24. The highest BCUT2D eigenvalue weighted by Gasteiger charge is 2.09. The van der Waals surface area contributed by atoms with Crippen molar-refractivity contribution in [3.8, 4) is 0 Å². The number of rotatable bonds is 3. The summed E-state index contributed by atoms with van der Waals surface area (Å²) in [7, 11) is 3.06. The molecule has 0 unspecified atom stereocenters. The lowest BCUT2D eigenvalue weighted by molar-refractivity contribution is 0.144. The first-order valence-electron chi connectivity index (χ1n) is 4.69. The molecule has 0 atom stereocenters. The standard InChI is InChI=1S/C11H19NO2/c1-6-10(8-7-9(2)3)12(4)11(13)14-5/h6-9H,1-5H3/b8-7-,10-6+. The van der Waals surface area contributed by atoms with Crippen LogP contribution in [0.5, 0.6) is 0 Å². The van der Waals surface area contributed by atoms with Gasteiger partial charge in [-0.25, -0.2) is 4.79 Å². The highest BCUT2D eigenvalue weighted by atomic mass is 16.5. The first-order valence-corrected chi connectivity index (χ1v) is 4.69. The quantitative estimate of drug-likeness (QED) is 0.651. The first kappa shape index (κ1) is 12.8. The lowest BCUT2D eigenvalue weighted by atomic mass is 10.2. The van der Waals surface area contributed by atoms with E-state index in [0.717, 1.165) is 5.70 Å². The van der Waals surface area contributed by atoms with Crippen molar-refractivity contribution in [1.82, 2.24) is 4.90 Å². The van der Waals surface area contributed by atoms with E-state index in [1.54, 1.807) is 7.05 Å². The van der Waals surface area contributed by atoms with Crippen molar-refractivity contribution in [2.75, 3.05) is 14.2 Å². The Bertz CT molecular complexity index is 242. The molecule has 0 aromatic heterocycles. The molecule has 0 radical (unpaired) electrons. The fourth-order valence-electron chi connectivity index (χ4n) is 0.935. The molecule has 0 saturated heterocycles. The summed E-state index contributed by atoms with van der Waals surface area (Å²) in [6.45, 7) is 6.06. The maximum Gasteiger partial charge on any atom is 0.413 e. The van der Waals surface area contributed by atoms with Crippen LogP contribution in [0.3, 0.4) is 0 Å². The van der Waals surface area contributed by atoms with E-state index in [0.29, 0.717) is 5.92 Å². The van der Waals surface area contributed by atoms with E-state index in [1.807, 2.05) is 25.2 Å². The Balaban J connectivity index is 4.51. The Hall–Kier alpha value is -1.25. The number of nitrogens with zero attached hydrogens (tertiary/aromatic N) is 1. The van der Waals surface area contributed by atoms with Gasteiger partial charge in [0, 0.05) is 12.7 Å². The van der Waals surface area contributed by atoms with Crippen molar-refractivity contribution in [3.05, 3.63) is 23.9 Å². The van der Waals surface area contributed by atoms with Gasteiger partial charge in [0.25, 0.3) is 0 Å². The van der Waals surface area contributed by atoms with Crippen LogP contribution in [0.4, 0.5) is 4.79 Å². The molecule has 80 valence electrons. The van der Waals surface area contributed by atoms with E-state index in [9.17, 15) is 4.79 Å². The van der Waals surface area contributed by atoms with E-state index < -0.39 is 0 Å². The predicted molar refractivity (Wildman–Crippen MR) is 57.9 cm³/mol. The van der Waals surface area contributed by atoms with E-state index >= 15 is 0 Å². The minimum atomic E-state index is -0.355. The fraction of sp³-hybridized carbons (Fsp3) is 0.545. The Kier molecular flexibility index (Phi) is 5.68. The maximum absolute atomic E-state index is 11.2. The van der Waals surface area contributed by atoms with Crippen molar-refractivity contribution >= 4 is 6.09 Å². The number of hydrogen-bond donors (Lipinski definition) is 0. The molecule has 0 rings (SSSR count). The van der Waals surface area contributed by atoms with Gasteiger partial charge in [0.15, 0.2) is 0 Å². The lowest BCUT2D eigenvalue weighted by Crippen LogP contribution is -2.24. The Morgan fingerprint density at radius 1 is 1.43 bits per heavy atom. The second-order valence-electron chi connectivity index (χ2n) is 3.35. The van der Waals surface area contributed by atoms with Crippen LogP contribution in [0.25, 0.3) is 0 Å². The molecule has 0 N–H and O–H groups in total. The molecular weight excluding hydrogens is 178 g/mol. The number of carbonyl (C=O) groups is 1. The van der Waals surface area contributed by atoms with Gasteiger partial charge in [0.1, 0.15) is 0 Å². The third kappa shape index (κ3) is 4.12. The zero-order chi connectivity index (χ0) is 11.1. The normalized spacial score (nSPS) is 12.3. The van der Waals surface area contributed by atoms with Crippen molar-refractivity contribution in [2.45, 2.75) is 20.8 Å². The highest BCUT2D eigenvalue weighted by molar-refractivity contribution is 5.70. The van der Waals surface area contributed by atoms with Gasteiger partial charge < -0.3 is 4.74 Å². The minimum Gasteiger partial charge on any atom is -0.452 e. The van der Waals surface area contributed by atoms with Gasteiger partial charge in [-0.1, -0.05) is 26.0 Å². The van der Waals surface area contributed by atoms with Gasteiger partial charge in [-0.05, 0) is 18.9 Å². The van der Waals surface area contributed by atoms with E-state index in [-0.39, 0.29) is 6.09 Å². The van der Waals surface area contributed by atoms with Gasteiger partial charge in [0.2, 0.25) is 0 Å². The second-order valence-corrected chi connectivity index (χ2v) is 3.35. The monoisotopic (exact) mass is 197 g/mol. The van der Waals surface area contributed by atoms with Crippen LogP contribution in [-0.4, -0.2) is 25.2 Å². The third-order valence-corrected chi connectivity index (χ3v) is 1.78. The fourth-order valence-corrected chi connectivity index (χ4v) is 0.935. The number of amides is 1. The van der Waals surface area contributed by atoms with Gasteiger partial charge in [-0.3, -0.25) is 4.90 Å². The summed E-state index contributed by atoms with van der Waals surface area (Å²) >= 11 is 0. The molecule has 1 amide bonds. The van der Waals surface area contributed by atoms with Gasteiger partial charge in [-0.15, -0.1) is 0 Å². The zero-order valence-electron chi connectivity index (χ0n) is 9.57. The van der Waals surface area contributed by atoms with Crippen LogP contribution in [0.15, 0.2) is 23.9 Å². The molecule has 3 heteroatoms. The van der Waals surface area contributed by atoms with Gasteiger partial charge in [0.05, 0.1) is 7.11 Å². The molecule has 0 aliphatic heterocycles. The van der Waals surface area contributed by atoms with Crippen LogP contribution >= 0.6 is 0 Å². The topological polar surface area (TPSA) is 29.5 Å². The summed E-state index contributed by atoms with van der Waals surface area (Å²) in [6, 6.07) is 0. The summed E-state index contributed by atoms with van der Waals surface area (Å²) in [6.07, 6.45) is 5.47. The van der Waals surface area contributed by atoms with Crippen molar-refractivity contribution in [3.63, 3.8) is 0 Å². The molecule has 0 saturated carbocycles. The lowest BCUT2D eigenvalue weighted by Gasteiger charge is -2.16. The summed E-state index contributed by atoms with van der Waals surface area (Å²) in [5.41, 5.74) is 0.838.